The number of amides is 1. The molecule has 3 rings (SSSR count). The van der Waals surface area contributed by atoms with E-state index in [-0.39, 0.29) is 12.3 Å². The molecule has 0 spiro atoms. The Labute approximate surface area is 170 Å². The van der Waals surface area contributed by atoms with Crippen LogP contribution in [0.15, 0.2) is 72.8 Å². The molecule has 0 aliphatic heterocycles. The fraction of sp³-hybridized carbons (Fsp3) is 0.174. The van der Waals surface area contributed by atoms with E-state index >= 15 is 0 Å². The summed E-state index contributed by atoms with van der Waals surface area (Å²) >= 11 is 5.87. The van der Waals surface area contributed by atoms with Gasteiger partial charge in [-0.1, -0.05) is 41.4 Å². The van der Waals surface area contributed by atoms with Crippen LogP contribution in [0.3, 0.4) is 0 Å². The zero-order valence-corrected chi connectivity index (χ0v) is 16.4. The zero-order chi connectivity index (χ0) is 19.8. The number of ether oxygens (including phenoxy) is 2. The van der Waals surface area contributed by atoms with Gasteiger partial charge < -0.3 is 14.8 Å². The number of anilines is 1. The van der Waals surface area contributed by atoms with Crippen LogP contribution in [0.2, 0.25) is 5.02 Å². The van der Waals surface area contributed by atoms with Crippen LogP contribution in [-0.2, 0) is 11.4 Å². The fourth-order valence-corrected chi connectivity index (χ4v) is 2.63. The summed E-state index contributed by atoms with van der Waals surface area (Å²) in [6.45, 7) is 2.81. The lowest BCUT2D eigenvalue weighted by molar-refractivity contribution is -0.116. The van der Waals surface area contributed by atoms with Gasteiger partial charge in [0.25, 0.3) is 0 Å². The third-order valence-electron chi connectivity index (χ3n) is 4.08. The third-order valence-corrected chi connectivity index (χ3v) is 4.33. The quantitative estimate of drug-likeness (QED) is 0.537. The molecule has 0 unspecified atom stereocenters. The van der Waals surface area contributed by atoms with E-state index in [0.717, 1.165) is 22.7 Å². The van der Waals surface area contributed by atoms with Gasteiger partial charge in [-0.2, -0.15) is 0 Å². The smallest absolute Gasteiger partial charge is 0.227 e. The first-order valence-corrected chi connectivity index (χ1v) is 9.43. The first kappa shape index (κ1) is 19.8. The molecule has 0 fully saturated rings. The molecule has 1 amide bonds. The zero-order valence-electron chi connectivity index (χ0n) is 15.7. The Hall–Kier alpha value is -2.98. The van der Waals surface area contributed by atoms with E-state index in [4.69, 9.17) is 21.1 Å². The number of nitrogens with one attached hydrogen (secondary N) is 1. The first-order chi connectivity index (χ1) is 13.6. The van der Waals surface area contributed by atoms with Crippen LogP contribution in [0.25, 0.3) is 0 Å². The Kier molecular flexibility index (Phi) is 6.93. The SMILES string of the molecule is Cc1ccc(OCCC(=O)Nc2ccc(OCc3ccc(Cl)cc3)cc2)cc1. The molecule has 0 aliphatic rings. The molecule has 144 valence electrons. The second-order valence-electron chi connectivity index (χ2n) is 6.40. The summed E-state index contributed by atoms with van der Waals surface area (Å²) < 4.78 is 11.3. The largest absolute Gasteiger partial charge is 0.493 e. The van der Waals surface area contributed by atoms with Crippen LogP contribution < -0.4 is 14.8 Å². The van der Waals surface area contributed by atoms with E-state index < -0.39 is 0 Å². The van der Waals surface area contributed by atoms with Crippen LogP contribution in [0, 0.1) is 6.92 Å². The van der Waals surface area contributed by atoms with Gasteiger partial charge in [0, 0.05) is 10.7 Å². The van der Waals surface area contributed by atoms with Gasteiger partial charge in [0.15, 0.2) is 0 Å². The highest BCUT2D eigenvalue weighted by molar-refractivity contribution is 6.30. The van der Waals surface area contributed by atoms with Crippen molar-refractivity contribution in [1.82, 2.24) is 0 Å². The van der Waals surface area contributed by atoms with E-state index in [1.165, 1.54) is 5.56 Å². The molecule has 28 heavy (non-hydrogen) atoms. The number of rotatable bonds is 8. The maximum Gasteiger partial charge on any atom is 0.227 e. The molecule has 3 aromatic carbocycles. The van der Waals surface area contributed by atoms with Crippen LogP contribution in [-0.4, -0.2) is 12.5 Å². The summed E-state index contributed by atoms with van der Waals surface area (Å²) in [5.41, 5.74) is 2.93. The minimum absolute atomic E-state index is 0.0954. The van der Waals surface area contributed by atoms with Crippen LogP contribution in [0.4, 0.5) is 5.69 Å². The second-order valence-corrected chi connectivity index (χ2v) is 6.84. The van der Waals surface area contributed by atoms with Crippen molar-refractivity contribution >= 4 is 23.2 Å². The molecular weight excluding hydrogens is 374 g/mol. The number of benzene rings is 3. The lowest BCUT2D eigenvalue weighted by atomic mass is 10.2. The standard InChI is InChI=1S/C23H22ClNO3/c1-17-2-10-21(11-3-17)27-15-14-23(26)25-20-8-12-22(13-9-20)28-16-18-4-6-19(24)7-5-18/h2-13H,14-16H2,1H3,(H,25,26). The molecule has 1 N–H and O–H groups in total. The minimum atomic E-state index is -0.0954. The molecule has 0 bridgehead atoms. The Morgan fingerprint density at radius 1 is 0.857 bits per heavy atom. The fourth-order valence-electron chi connectivity index (χ4n) is 2.50. The van der Waals surface area contributed by atoms with Crippen molar-refractivity contribution in [3.05, 3.63) is 88.9 Å². The van der Waals surface area contributed by atoms with Crippen molar-refractivity contribution in [2.45, 2.75) is 20.0 Å². The predicted octanol–water partition coefficient (Wildman–Crippen LogP) is 5.64. The Bertz CT molecular complexity index is 891. The van der Waals surface area contributed by atoms with Crippen LogP contribution >= 0.6 is 11.6 Å². The third kappa shape index (κ3) is 6.32. The summed E-state index contributed by atoms with van der Waals surface area (Å²) in [7, 11) is 0. The number of hydrogen-bond acceptors (Lipinski definition) is 3. The monoisotopic (exact) mass is 395 g/mol. The van der Waals surface area contributed by atoms with Crippen LogP contribution in [0.5, 0.6) is 11.5 Å². The minimum Gasteiger partial charge on any atom is -0.493 e. The van der Waals surface area contributed by atoms with E-state index in [2.05, 4.69) is 5.32 Å². The van der Waals surface area contributed by atoms with Gasteiger partial charge in [-0.15, -0.1) is 0 Å². The molecule has 0 saturated carbocycles. The highest BCUT2D eigenvalue weighted by atomic mass is 35.5. The van der Waals surface area contributed by atoms with Crippen molar-refractivity contribution < 1.29 is 14.3 Å². The van der Waals surface area contributed by atoms with Gasteiger partial charge in [-0.25, -0.2) is 0 Å². The molecule has 4 nitrogen and oxygen atoms in total. The Morgan fingerprint density at radius 2 is 1.46 bits per heavy atom. The Balaban J connectivity index is 1.41. The number of carbonyl (C=O) groups is 1. The van der Waals surface area contributed by atoms with Crippen molar-refractivity contribution in [1.29, 1.82) is 0 Å². The summed E-state index contributed by atoms with van der Waals surface area (Å²) in [6.07, 6.45) is 0.280. The highest BCUT2D eigenvalue weighted by Gasteiger charge is 2.04. The normalized spacial score (nSPS) is 10.4. The molecule has 3 aromatic rings. The first-order valence-electron chi connectivity index (χ1n) is 9.05. The van der Waals surface area contributed by atoms with Gasteiger partial charge in [0.2, 0.25) is 5.91 Å². The van der Waals surface area contributed by atoms with E-state index in [0.29, 0.717) is 18.2 Å². The van der Waals surface area contributed by atoms with Crippen molar-refractivity contribution in [2.75, 3.05) is 11.9 Å². The molecule has 0 heterocycles. The highest BCUT2D eigenvalue weighted by Crippen LogP contribution is 2.18. The molecule has 0 aliphatic carbocycles. The van der Waals surface area contributed by atoms with Gasteiger partial charge >= 0.3 is 0 Å². The molecule has 0 atom stereocenters. The summed E-state index contributed by atoms with van der Waals surface area (Å²) in [5.74, 6) is 1.40. The molecular formula is C23H22ClNO3. The second kappa shape index (κ2) is 9.81. The van der Waals surface area contributed by atoms with E-state index in [9.17, 15) is 4.79 Å². The van der Waals surface area contributed by atoms with E-state index in [1.54, 1.807) is 0 Å². The molecule has 0 radical (unpaired) electrons. The topological polar surface area (TPSA) is 47.6 Å². The van der Waals surface area contributed by atoms with Gasteiger partial charge in [-0.3, -0.25) is 4.79 Å². The summed E-state index contributed by atoms with van der Waals surface area (Å²) in [6, 6.07) is 22.6. The lowest BCUT2D eigenvalue weighted by Crippen LogP contribution is -2.15. The van der Waals surface area contributed by atoms with Gasteiger partial charge in [0.1, 0.15) is 18.1 Å². The van der Waals surface area contributed by atoms with Crippen molar-refractivity contribution in [3.8, 4) is 11.5 Å². The summed E-state index contributed by atoms with van der Waals surface area (Å²) in [5, 5.41) is 3.56. The van der Waals surface area contributed by atoms with Crippen molar-refractivity contribution in [3.63, 3.8) is 0 Å². The van der Waals surface area contributed by atoms with Crippen LogP contribution in [0.1, 0.15) is 17.5 Å². The molecule has 0 aromatic heterocycles. The lowest BCUT2D eigenvalue weighted by Gasteiger charge is -2.09. The van der Waals surface area contributed by atoms with Gasteiger partial charge in [0.05, 0.1) is 13.0 Å². The average molecular weight is 396 g/mol. The summed E-state index contributed by atoms with van der Waals surface area (Å²) in [4.78, 5) is 12.0. The maximum absolute atomic E-state index is 12.0. The van der Waals surface area contributed by atoms with Gasteiger partial charge in [-0.05, 0) is 61.0 Å². The van der Waals surface area contributed by atoms with E-state index in [1.807, 2.05) is 79.7 Å². The number of halogens is 1. The maximum atomic E-state index is 12.0. The van der Waals surface area contributed by atoms with Crippen molar-refractivity contribution in [2.24, 2.45) is 0 Å². The molecule has 0 saturated heterocycles. The average Bonchev–Trinajstić information content (AvgIpc) is 2.70. The predicted molar refractivity (Wildman–Crippen MR) is 112 cm³/mol. The number of hydrogen-bond donors (Lipinski definition) is 1. The molecule has 5 heteroatoms. The Morgan fingerprint density at radius 3 is 2.14 bits per heavy atom. The number of carbonyl (C=O) groups excluding carboxylic acids is 1. The number of aryl methyl sites for hydroxylation is 1.